The fourth-order valence-corrected chi connectivity index (χ4v) is 1.71. The molecule has 2 N–H and O–H groups in total. The van der Waals surface area contributed by atoms with E-state index in [0.29, 0.717) is 12.1 Å². The Hall–Kier alpha value is -0.0800. The van der Waals surface area contributed by atoms with Crippen molar-refractivity contribution in [3.05, 3.63) is 0 Å². The van der Waals surface area contributed by atoms with Gasteiger partial charge in [-0.1, -0.05) is 26.2 Å². The highest BCUT2D eigenvalue weighted by molar-refractivity contribution is 4.78. The average Bonchev–Trinajstić information content (AvgIpc) is 2.09. The van der Waals surface area contributed by atoms with Crippen molar-refractivity contribution < 1.29 is 4.74 Å². The number of hydrogen-bond donors (Lipinski definition) is 1. The van der Waals surface area contributed by atoms with Crippen LogP contribution in [-0.4, -0.2) is 18.8 Å². The van der Waals surface area contributed by atoms with Crippen molar-refractivity contribution in [2.45, 2.75) is 57.6 Å². The third-order valence-electron chi connectivity index (χ3n) is 2.58. The predicted octanol–water partition coefficient (Wildman–Crippen LogP) is 2.07. The molecule has 0 bridgehead atoms. The van der Waals surface area contributed by atoms with E-state index in [4.69, 9.17) is 10.5 Å². The van der Waals surface area contributed by atoms with Gasteiger partial charge in [-0.3, -0.25) is 0 Å². The van der Waals surface area contributed by atoms with Crippen molar-refractivity contribution in [1.82, 2.24) is 0 Å². The van der Waals surface area contributed by atoms with Crippen molar-refractivity contribution in [3.63, 3.8) is 0 Å². The SMILES string of the molecule is CCCCO[C@H]1CCCC[C@@H]1N. The quantitative estimate of drug-likeness (QED) is 0.657. The molecule has 0 unspecified atom stereocenters. The molecule has 1 rings (SSSR count). The molecule has 12 heavy (non-hydrogen) atoms. The minimum atomic E-state index is 0.301. The van der Waals surface area contributed by atoms with E-state index < -0.39 is 0 Å². The van der Waals surface area contributed by atoms with Gasteiger partial charge in [0.1, 0.15) is 0 Å². The summed E-state index contributed by atoms with van der Waals surface area (Å²) >= 11 is 0. The smallest absolute Gasteiger partial charge is 0.0725 e. The first-order chi connectivity index (χ1) is 5.84. The first-order valence-corrected chi connectivity index (χ1v) is 5.21. The van der Waals surface area contributed by atoms with Crippen LogP contribution in [0.15, 0.2) is 0 Å². The number of hydrogen-bond acceptors (Lipinski definition) is 2. The number of ether oxygens (including phenoxy) is 1. The summed E-state index contributed by atoms with van der Waals surface area (Å²) in [4.78, 5) is 0. The molecule has 0 aliphatic heterocycles. The van der Waals surface area contributed by atoms with Crippen LogP contribution in [0.5, 0.6) is 0 Å². The Balaban J connectivity index is 2.11. The first kappa shape index (κ1) is 10.0. The van der Waals surface area contributed by atoms with Gasteiger partial charge in [0.2, 0.25) is 0 Å². The molecule has 72 valence electrons. The van der Waals surface area contributed by atoms with Gasteiger partial charge in [0.25, 0.3) is 0 Å². The normalized spacial score (nSPS) is 30.5. The molecule has 1 aliphatic carbocycles. The molecular weight excluding hydrogens is 150 g/mol. The second-order valence-electron chi connectivity index (χ2n) is 3.71. The van der Waals surface area contributed by atoms with Crippen molar-refractivity contribution in [3.8, 4) is 0 Å². The van der Waals surface area contributed by atoms with Crippen LogP contribution in [-0.2, 0) is 4.74 Å². The number of rotatable bonds is 4. The van der Waals surface area contributed by atoms with Crippen LogP contribution in [0.3, 0.4) is 0 Å². The Bertz CT molecular complexity index is 116. The van der Waals surface area contributed by atoms with Gasteiger partial charge in [-0.15, -0.1) is 0 Å². The molecule has 2 heteroatoms. The maximum Gasteiger partial charge on any atom is 0.0725 e. The van der Waals surface area contributed by atoms with Crippen LogP contribution in [0.2, 0.25) is 0 Å². The summed E-state index contributed by atoms with van der Waals surface area (Å²) in [5, 5.41) is 0. The molecule has 2 nitrogen and oxygen atoms in total. The van der Waals surface area contributed by atoms with Crippen molar-refractivity contribution >= 4 is 0 Å². The van der Waals surface area contributed by atoms with E-state index in [9.17, 15) is 0 Å². The standard InChI is InChI=1S/C10H21NO/c1-2-3-8-12-10-7-5-4-6-9(10)11/h9-10H,2-8,11H2,1H3/t9-,10-/m0/s1. The second-order valence-corrected chi connectivity index (χ2v) is 3.71. The van der Waals surface area contributed by atoms with Crippen molar-refractivity contribution in [1.29, 1.82) is 0 Å². The lowest BCUT2D eigenvalue weighted by Crippen LogP contribution is -2.39. The Morgan fingerprint density at radius 2 is 2.08 bits per heavy atom. The van der Waals surface area contributed by atoms with Crippen LogP contribution < -0.4 is 5.73 Å². The fraction of sp³-hybridized carbons (Fsp3) is 1.00. The highest BCUT2D eigenvalue weighted by atomic mass is 16.5. The average molecular weight is 171 g/mol. The van der Waals surface area contributed by atoms with Crippen LogP contribution in [0.25, 0.3) is 0 Å². The first-order valence-electron chi connectivity index (χ1n) is 5.21. The lowest BCUT2D eigenvalue weighted by molar-refractivity contribution is 0.0138. The zero-order chi connectivity index (χ0) is 8.81. The molecule has 1 saturated carbocycles. The van der Waals surface area contributed by atoms with Crippen molar-refractivity contribution in [2.24, 2.45) is 5.73 Å². The maximum atomic E-state index is 5.94. The fourth-order valence-electron chi connectivity index (χ4n) is 1.71. The number of nitrogens with two attached hydrogens (primary N) is 1. The summed E-state index contributed by atoms with van der Waals surface area (Å²) in [5.74, 6) is 0. The molecule has 0 heterocycles. The third-order valence-corrected chi connectivity index (χ3v) is 2.58. The van der Waals surface area contributed by atoms with E-state index in [1.807, 2.05) is 0 Å². The summed E-state index contributed by atoms with van der Waals surface area (Å²) in [6.45, 7) is 3.08. The molecule has 0 spiro atoms. The molecule has 0 aromatic rings. The van der Waals surface area contributed by atoms with Crippen LogP contribution in [0.1, 0.15) is 45.4 Å². The molecule has 1 fully saturated rings. The van der Waals surface area contributed by atoms with E-state index in [1.165, 1.54) is 32.1 Å². The summed E-state index contributed by atoms with van der Waals surface area (Å²) in [6, 6.07) is 0.301. The topological polar surface area (TPSA) is 35.2 Å². The minimum absolute atomic E-state index is 0.301. The Labute approximate surface area is 75.5 Å². The number of unbranched alkanes of at least 4 members (excludes halogenated alkanes) is 1. The van der Waals surface area contributed by atoms with E-state index in [1.54, 1.807) is 0 Å². The molecule has 1 aliphatic rings. The van der Waals surface area contributed by atoms with Gasteiger partial charge in [-0.05, 0) is 19.3 Å². The van der Waals surface area contributed by atoms with Crippen LogP contribution in [0, 0.1) is 0 Å². The molecule has 0 aromatic carbocycles. The van der Waals surface area contributed by atoms with Gasteiger partial charge in [0.05, 0.1) is 6.10 Å². The molecule has 0 aromatic heterocycles. The van der Waals surface area contributed by atoms with Gasteiger partial charge in [0.15, 0.2) is 0 Å². The van der Waals surface area contributed by atoms with E-state index in [-0.39, 0.29) is 0 Å². The van der Waals surface area contributed by atoms with Gasteiger partial charge >= 0.3 is 0 Å². The minimum Gasteiger partial charge on any atom is -0.377 e. The lowest BCUT2D eigenvalue weighted by Gasteiger charge is -2.28. The lowest BCUT2D eigenvalue weighted by atomic mass is 9.93. The summed E-state index contributed by atoms with van der Waals surface area (Å²) in [5.41, 5.74) is 5.94. The van der Waals surface area contributed by atoms with E-state index >= 15 is 0 Å². The Morgan fingerprint density at radius 3 is 2.75 bits per heavy atom. The molecular formula is C10H21NO. The summed E-state index contributed by atoms with van der Waals surface area (Å²) in [6.07, 6.45) is 7.64. The highest BCUT2D eigenvalue weighted by Crippen LogP contribution is 2.19. The van der Waals surface area contributed by atoms with Gasteiger partial charge in [0, 0.05) is 12.6 Å². The van der Waals surface area contributed by atoms with Crippen molar-refractivity contribution in [2.75, 3.05) is 6.61 Å². The maximum absolute atomic E-state index is 5.94. The van der Waals surface area contributed by atoms with Gasteiger partial charge in [-0.25, -0.2) is 0 Å². The Morgan fingerprint density at radius 1 is 1.33 bits per heavy atom. The predicted molar refractivity (Wildman–Crippen MR) is 51.1 cm³/mol. The zero-order valence-electron chi connectivity index (χ0n) is 8.09. The highest BCUT2D eigenvalue weighted by Gasteiger charge is 2.21. The van der Waals surface area contributed by atoms with Crippen LogP contribution >= 0.6 is 0 Å². The molecule has 0 saturated heterocycles. The Kier molecular flexibility index (Phi) is 4.62. The van der Waals surface area contributed by atoms with E-state index in [2.05, 4.69) is 6.92 Å². The largest absolute Gasteiger partial charge is 0.377 e. The third kappa shape index (κ3) is 3.11. The molecule has 2 atom stereocenters. The van der Waals surface area contributed by atoms with E-state index in [0.717, 1.165) is 13.0 Å². The van der Waals surface area contributed by atoms with Gasteiger partial charge in [-0.2, -0.15) is 0 Å². The monoisotopic (exact) mass is 171 g/mol. The molecule has 0 radical (unpaired) electrons. The van der Waals surface area contributed by atoms with Gasteiger partial charge < -0.3 is 10.5 Å². The second kappa shape index (κ2) is 5.55. The zero-order valence-corrected chi connectivity index (χ0v) is 8.09. The summed E-state index contributed by atoms with van der Waals surface area (Å²) < 4.78 is 5.71. The molecule has 0 amide bonds. The van der Waals surface area contributed by atoms with Crippen LogP contribution in [0.4, 0.5) is 0 Å². The summed E-state index contributed by atoms with van der Waals surface area (Å²) in [7, 11) is 0.